The number of aromatic hydroxyl groups is 1. The van der Waals surface area contributed by atoms with Crippen molar-refractivity contribution in [1.82, 2.24) is 10.2 Å². The highest BCUT2D eigenvalue weighted by molar-refractivity contribution is 6.36. The molecule has 3 aliphatic rings. The van der Waals surface area contributed by atoms with Crippen LogP contribution in [0.25, 0.3) is 0 Å². The van der Waals surface area contributed by atoms with E-state index in [2.05, 4.69) is 5.32 Å². The summed E-state index contributed by atoms with van der Waals surface area (Å²) in [6, 6.07) is 2.97. The lowest BCUT2D eigenvalue weighted by atomic mass is 9.76. The van der Waals surface area contributed by atoms with E-state index in [9.17, 15) is 14.7 Å². The van der Waals surface area contributed by atoms with Crippen LogP contribution in [-0.2, 0) is 4.79 Å². The van der Waals surface area contributed by atoms with Crippen LogP contribution in [0, 0.1) is 5.92 Å². The first-order valence-corrected chi connectivity index (χ1v) is 8.38. The maximum Gasteiger partial charge on any atom is 0.255 e. The highest BCUT2D eigenvalue weighted by Crippen LogP contribution is 2.36. The normalized spacial score (nSPS) is 26.2. The van der Waals surface area contributed by atoms with Gasteiger partial charge >= 0.3 is 0 Å². The van der Waals surface area contributed by atoms with Crippen molar-refractivity contribution in [1.29, 1.82) is 0 Å². The summed E-state index contributed by atoms with van der Waals surface area (Å²) >= 11 is 11.8. The molecule has 0 spiro atoms. The predicted molar refractivity (Wildman–Crippen MR) is 87.9 cm³/mol. The third-order valence-corrected chi connectivity index (χ3v) is 5.34. The van der Waals surface area contributed by atoms with Gasteiger partial charge in [-0.25, -0.2) is 0 Å². The molecule has 1 aromatic rings. The number of benzene rings is 1. The molecule has 124 valence electrons. The van der Waals surface area contributed by atoms with E-state index in [4.69, 9.17) is 23.2 Å². The third kappa shape index (κ3) is 3.12. The fourth-order valence-electron chi connectivity index (χ4n) is 3.66. The molecule has 0 unspecified atom stereocenters. The van der Waals surface area contributed by atoms with Crippen molar-refractivity contribution < 1.29 is 14.7 Å². The Labute approximate surface area is 144 Å². The fraction of sp³-hybridized carbons (Fsp3) is 0.500. The Balaban J connectivity index is 1.74. The van der Waals surface area contributed by atoms with Crippen LogP contribution in [0.15, 0.2) is 12.1 Å². The molecule has 7 heteroatoms. The Morgan fingerprint density at radius 3 is 2.65 bits per heavy atom. The molecule has 4 rings (SSSR count). The van der Waals surface area contributed by atoms with E-state index in [1.54, 1.807) is 6.92 Å². The number of phenols is 1. The van der Waals surface area contributed by atoms with Crippen LogP contribution in [0.2, 0.25) is 10.0 Å². The monoisotopic (exact) mass is 356 g/mol. The number of nitrogens with zero attached hydrogens (tertiary/aromatic N) is 1. The van der Waals surface area contributed by atoms with Crippen LogP contribution >= 0.6 is 23.2 Å². The van der Waals surface area contributed by atoms with Crippen molar-refractivity contribution in [2.45, 2.75) is 38.3 Å². The first kappa shape index (κ1) is 16.4. The van der Waals surface area contributed by atoms with Crippen molar-refractivity contribution in [3.8, 4) is 5.75 Å². The number of hydrogen-bond donors (Lipinski definition) is 2. The van der Waals surface area contributed by atoms with Crippen LogP contribution in [0.5, 0.6) is 5.75 Å². The second-order valence-electron chi connectivity index (χ2n) is 6.26. The zero-order valence-electron chi connectivity index (χ0n) is 12.7. The van der Waals surface area contributed by atoms with Gasteiger partial charge in [-0.3, -0.25) is 9.59 Å². The predicted octanol–water partition coefficient (Wildman–Crippen LogP) is 2.83. The molecule has 2 N–H and O–H groups in total. The highest BCUT2D eigenvalue weighted by atomic mass is 35.5. The van der Waals surface area contributed by atoms with E-state index in [0.717, 1.165) is 19.3 Å². The summed E-state index contributed by atoms with van der Waals surface area (Å²) in [5.41, 5.74) is 0.0763. The number of carbonyl (C=O) groups is 2. The summed E-state index contributed by atoms with van der Waals surface area (Å²) in [6.45, 7) is 2.26. The summed E-state index contributed by atoms with van der Waals surface area (Å²) in [7, 11) is 0. The minimum atomic E-state index is -0.390. The number of phenolic OH excluding ortho intramolecular Hbond substituents is 1. The molecule has 2 bridgehead atoms. The third-order valence-electron chi connectivity index (χ3n) is 4.83. The summed E-state index contributed by atoms with van der Waals surface area (Å²) < 4.78 is 0. The first-order chi connectivity index (χ1) is 10.9. The highest BCUT2D eigenvalue weighted by Gasteiger charge is 2.42. The van der Waals surface area contributed by atoms with Gasteiger partial charge in [0.2, 0.25) is 5.91 Å². The van der Waals surface area contributed by atoms with Crippen molar-refractivity contribution >= 4 is 35.0 Å². The van der Waals surface area contributed by atoms with Gasteiger partial charge in [0.1, 0.15) is 5.75 Å². The molecule has 1 aliphatic carbocycles. The molecule has 2 amide bonds. The number of piperidine rings is 2. The van der Waals surface area contributed by atoms with Crippen LogP contribution in [0.3, 0.4) is 0 Å². The van der Waals surface area contributed by atoms with Crippen LogP contribution in [0.4, 0.5) is 0 Å². The van der Waals surface area contributed by atoms with Crippen LogP contribution in [-0.4, -0.2) is 40.4 Å². The van der Waals surface area contributed by atoms with Crippen molar-refractivity contribution in [3.63, 3.8) is 0 Å². The van der Waals surface area contributed by atoms with Gasteiger partial charge in [0.05, 0.1) is 10.6 Å². The number of carbonyl (C=O) groups excluding carboxylic acids is 2. The van der Waals surface area contributed by atoms with Gasteiger partial charge in [0, 0.05) is 30.6 Å². The van der Waals surface area contributed by atoms with Gasteiger partial charge in [0.25, 0.3) is 5.91 Å². The van der Waals surface area contributed by atoms with Gasteiger partial charge in [-0.1, -0.05) is 23.2 Å². The quantitative estimate of drug-likeness (QED) is 0.855. The van der Waals surface area contributed by atoms with Crippen molar-refractivity contribution in [3.05, 3.63) is 27.7 Å². The van der Waals surface area contributed by atoms with E-state index in [-0.39, 0.29) is 46.2 Å². The molecule has 1 aromatic carbocycles. The van der Waals surface area contributed by atoms with Crippen LogP contribution < -0.4 is 5.32 Å². The number of fused-ring (bicyclic) bond motifs is 3. The van der Waals surface area contributed by atoms with E-state index in [1.165, 1.54) is 12.1 Å². The lowest BCUT2D eigenvalue weighted by Crippen LogP contribution is -2.59. The SMILES string of the molecule is CC(=O)N1C[C@H]2CC[C@@H]1C[C@@H]2NC(=O)c1cc(Cl)cc(Cl)c1O. The summed E-state index contributed by atoms with van der Waals surface area (Å²) in [5.74, 6) is -0.327. The lowest BCUT2D eigenvalue weighted by molar-refractivity contribution is -0.137. The maximum atomic E-state index is 12.5. The molecule has 0 radical (unpaired) electrons. The standard InChI is InChI=1S/C16H18Cl2N2O3/c1-8(21)20-7-9-2-3-11(20)6-14(9)19-16(23)12-4-10(17)5-13(18)15(12)22/h4-5,9,11,14,22H,2-3,6-7H2,1H3,(H,19,23)/t9-,11-,14+/m1/s1. The van der Waals surface area contributed by atoms with Gasteiger partial charge in [-0.05, 0) is 37.3 Å². The molecule has 1 saturated carbocycles. The molecule has 5 nitrogen and oxygen atoms in total. The lowest BCUT2D eigenvalue weighted by Gasteiger charge is -2.49. The molecular formula is C16H18Cl2N2O3. The largest absolute Gasteiger partial charge is 0.506 e. The minimum absolute atomic E-state index is 0.00555. The molecule has 0 aromatic heterocycles. The van der Waals surface area contributed by atoms with E-state index in [1.807, 2.05) is 4.90 Å². The maximum absolute atomic E-state index is 12.5. The topological polar surface area (TPSA) is 69.6 Å². The zero-order valence-corrected chi connectivity index (χ0v) is 14.2. The summed E-state index contributed by atoms with van der Waals surface area (Å²) in [5, 5.41) is 13.3. The Bertz CT molecular complexity index is 665. The number of rotatable bonds is 2. The second-order valence-corrected chi connectivity index (χ2v) is 7.11. The van der Waals surface area contributed by atoms with Crippen LogP contribution in [0.1, 0.15) is 36.5 Å². The minimum Gasteiger partial charge on any atom is -0.506 e. The van der Waals surface area contributed by atoms with Crippen molar-refractivity contribution in [2.75, 3.05) is 6.54 Å². The number of nitrogens with one attached hydrogen (secondary N) is 1. The van der Waals surface area contributed by atoms with E-state index in [0.29, 0.717) is 11.6 Å². The number of hydrogen-bond acceptors (Lipinski definition) is 3. The molecule has 2 heterocycles. The summed E-state index contributed by atoms with van der Waals surface area (Å²) in [4.78, 5) is 26.0. The molecule has 2 saturated heterocycles. The molecule has 23 heavy (non-hydrogen) atoms. The Kier molecular flexibility index (Phi) is 4.43. The number of amides is 2. The van der Waals surface area contributed by atoms with Gasteiger partial charge in [0.15, 0.2) is 0 Å². The zero-order chi connectivity index (χ0) is 16.7. The van der Waals surface area contributed by atoms with Gasteiger partial charge in [-0.2, -0.15) is 0 Å². The average Bonchev–Trinajstić information content (AvgIpc) is 2.51. The smallest absolute Gasteiger partial charge is 0.255 e. The van der Waals surface area contributed by atoms with Crippen molar-refractivity contribution in [2.24, 2.45) is 5.92 Å². The molecule has 2 aliphatic heterocycles. The molecule has 3 fully saturated rings. The van der Waals surface area contributed by atoms with Gasteiger partial charge < -0.3 is 15.3 Å². The fourth-order valence-corrected chi connectivity index (χ4v) is 4.16. The average molecular weight is 357 g/mol. The Morgan fingerprint density at radius 1 is 1.30 bits per heavy atom. The van der Waals surface area contributed by atoms with Gasteiger partial charge in [-0.15, -0.1) is 0 Å². The molecule has 3 atom stereocenters. The van der Waals surface area contributed by atoms with E-state index < -0.39 is 0 Å². The number of halogens is 2. The molecular weight excluding hydrogens is 339 g/mol. The van der Waals surface area contributed by atoms with E-state index >= 15 is 0 Å². The Morgan fingerprint density at radius 2 is 2.04 bits per heavy atom. The Hall–Kier alpha value is -1.46. The second kappa shape index (κ2) is 6.21. The first-order valence-electron chi connectivity index (χ1n) is 7.63. The summed E-state index contributed by atoms with van der Waals surface area (Å²) in [6.07, 6.45) is 2.71.